The Bertz CT molecular complexity index is 481. The Morgan fingerprint density at radius 1 is 1.27 bits per heavy atom. The van der Waals surface area contributed by atoms with Gasteiger partial charge in [-0.3, -0.25) is 0 Å². The molecule has 2 aromatic heterocycles. The molecule has 0 aliphatic carbocycles. The molecule has 3 heterocycles. The van der Waals surface area contributed by atoms with Crippen LogP contribution in [-0.2, 0) is 0 Å². The first-order valence-electron chi connectivity index (χ1n) is 5.53. The van der Waals surface area contributed by atoms with E-state index in [0.29, 0.717) is 0 Å². The van der Waals surface area contributed by atoms with Crippen LogP contribution in [0, 0.1) is 6.92 Å². The molecule has 0 unspecified atom stereocenters. The van der Waals surface area contributed by atoms with Crippen LogP contribution >= 0.6 is 0 Å². The first-order valence-corrected chi connectivity index (χ1v) is 5.53. The van der Waals surface area contributed by atoms with Crippen molar-refractivity contribution in [1.29, 1.82) is 0 Å². The van der Waals surface area contributed by atoms with Crippen LogP contribution in [0.15, 0.2) is 24.5 Å². The van der Waals surface area contributed by atoms with Crippen molar-refractivity contribution < 1.29 is 0 Å². The van der Waals surface area contributed by atoms with Crippen LogP contribution in [0.2, 0.25) is 0 Å². The Balaban J connectivity index is 2.08. The summed E-state index contributed by atoms with van der Waals surface area (Å²) in [5.41, 5.74) is 3.80. The number of aromatic nitrogens is 2. The third-order valence-corrected chi connectivity index (χ3v) is 3.17. The van der Waals surface area contributed by atoms with Gasteiger partial charge in [0, 0.05) is 25.0 Å². The van der Waals surface area contributed by atoms with Gasteiger partial charge in [0.15, 0.2) is 0 Å². The topological polar surface area (TPSA) is 20.5 Å². The molecule has 15 heavy (non-hydrogen) atoms. The summed E-state index contributed by atoms with van der Waals surface area (Å²) in [6, 6.07) is 4.40. The van der Waals surface area contributed by atoms with E-state index in [4.69, 9.17) is 0 Å². The lowest BCUT2D eigenvalue weighted by Gasteiger charge is -2.17. The number of hydrogen-bond acceptors (Lipinski definition) is 2. The lowest BCUT2D eigenvalue weighted by molar-refractivity contribution is 0.936. The zero-order valence-corrected chi connectivity index (χ0v) is 8.98. The number of nitrogens with zero attached hydrogens (tertiary/aromatic N) is 3. The van der Waals surface area contributed by atoms with E-state index in [9.17, 15) is 0 Å². The van der Waals surface area contributed by atoms with E-state index in [1.165, 1.54) is 42.7 Å². The molecule has 3 rings (SSSR count). The van der Waals surface area contributed by atoms with Gasteiger partial charge in [0.05, 0.1) is 11.7 Å². The Morgan fingerprint density at radius 2 is 2.07 bits per heavy atom. The summed E-state index contributed by atoms with van der Waals surface area (Å²) in [6.45, 7) is 4.50. The fraction of sp³-hybridized carbons (Fsp3) is 0.417. The number of hydrogen-bond donors (Lipinski definition) is 0. The fourth-order valence-electron chi connectivity index (χ4n) is 2.26. The normalized spacial score (nSPS) is 16.5. The van der Waals surface area contributed by atoms with Gasteiger partial charge in [0.25, 0.3) is 0 Å². The number of anilines is 1. The van der Waals surface area contributed by atoms with Crippen LogP contribution in [0.25, 0.3) is 5.52 Å². The molecule has 0 amide bonds. The molecule has 0 N–H and O–H groups in total. The molecule has 1 aliphatic heterocycles. The minimum absolute atomic E-state index is 1.20. The van der Waals surface area contributed by atoms with Crippen LogP contribution in [-0.4, -0.2) is 22.7 Å². The molecule has 3 heteroatoms. The minimum atomic E-state index is 1.20. The molecular weight excluding hydrogens is 186 g/mol. The van der Waals surface area contributed by atoms with Gasteiger partial charge < -0.3 is 4.90 Å². The van der Waals surface area contributed by atoms with Gasteiger partial charge >= 0.3 is 0 Å². The quantitative estimate of drug-likeness (QED) is 0.705. The van der Waals surface area contributed by atoms with E-state index in [1.807, 2.05) is 10.7 Å². The number of rotatable bonds is 1. The van der Waals surface area contributed by atoms with E-state index in [2.05, 4.69) is 35.3 Å². The second kappa shape index (κ2) is 3.26. The molecule has 0 atom stereocenters. The van der Waals surface area contributed by atoms with E-state index in [0.717, 1.165) is 0 Å². The smallest absolute Gasteiger partial charge is 0.0711 e. The number of aryl methyl sites for hydroxylation is 1. The summed E-state index contributed by atoms with van der Waals surface area (Å²) in [4.78, 5) is 2.45. The van der Waals surface area contributed by atoms with E-state index in [1.54, 1.807) is 0 Å². The third-order valence-electron chi connectivity index (χ3n) is 3.17. The molecule has 2 aromatic rings. The first kappa shape index (κ1) is 8.77. The van der Waals surface area contributed by atoms with Crippen molar-refractivity contribution in [2.45, 2.75) is 19.8 Å². The summed E-state index contributed by atoms with van der Waals surface area (Å²) in [5, 5.41) is 4.28. The van der Waals surface area contributed by atoms with Crippen molar-refractivity contribution in [2.75, 3.05) is 18.0 Å². The average molecular weight is 201 g/mol. The predicted octanol–water partition coefficient (Wildman–Crippen LogP) is 2.24. The van der Waals surface area contributed by atoms with E-state index >= 15 is 0 Å². The second-order valence-corrected chi connectivity index (χ2v) is 4.24. The molecule has 0 spiro atoms. The molecule has 1 aliphatic rings. The van der Waals surface area contributed by atoms with Gasteiger partial charge in [-0.05, 0) is 37.5 Å². The zero-order valence-electron chi connectivity index (χ0n) is 8.98. The molecule has 0 radical (unpaired) electrons. The van der Waals surface area contributed by atoms with Gasteiger partial charge in [0.2, 0.25) is 0 Å². The highest BCUT2D eigenvalue weighted by Gasteiger charge is 2.12. The fourth-order valence-corrected chi connectivity index (χ4v) is 2.26. The van der Waals surface area contributed by atoms with Gasteiger partial charge in [-0.1, -0.05) is 0 Å². The van der Waals surface area contributed by atoms with Crippen molar-refractivity contribution in [3.63, 3.8) is 0 Å². The van der Waals surface area contributed by atoms with Gasteiger partial charge in [0.1, 0.15) is 0 Å². The van der Waals surface area contributed by atoms with Crippen LogP contribution < -0.4 is 4.90 Å². The van der Waals surface area contributed by atoms with Crippen molar-refractivity contribution >= 4 is 11.2 Å². The summed E-state index contributed by atoms with van der Waals surface area (Å²) in [7, 11) is 0. The lowest BCUT2D eigenvalue weighted by Crippen LogP contribution is -2.17. The second-order valence-electron chi connectivity index (χ2n) is 4.24. The van der Waals surface area contributed by atoms with E-state index in [-0.39, 0.29) is 0 Å². The van der Waals surface area contributed by atoms with E-state index < -0.39 is 0 Å². The summed E-state index contributed by atoms with van der Waals surface area (Å²) < 4.78 is 1.94. The van der Waals surface area contributed by atoms with Gasteiger partial charge in [-0.2, -0.15) is 5.10 Å². The summed E-state index contributed by atoms with van der Waals surface area (Å²) >= 11 is 0. The third kappa shape index (κ3) is 1.39. The molecule has 3 nitrogen and oxygen atoms in total. The Labute approximate surface area is 89.3 Å². The molecular formula is C12H15N3. The molecule has 0 bridgehead atoms. The molecule has 0 aromatic carbocycles. The van der Waals surface area contributed by atoms with Crippen LogP contribution in [0.3, 0.4) is 0 Å². The first-order chi connectivity index (χ1) is 7.34. The van der Waals surface area contributed by atoms with Gasteiger partial charge in [-0.25, -0.2) is 4.52 Å². The van der Waals surface area contributed by atoms with Crippen LogP contribution in [0.1, 0.15) is 18.4 Å². The standard InChI is InChI=1S/C12H15N3/c1-10-9-13-15-7-4-11(8-12(10)15)14-5-2-3-6-14/h4,7-9H,2-3,5-6H2,1H3. The largest absolute Gasteiger partial charge is 0.371 e. The zero-order chi connectivity index (χ0) is 10.3. The van der Waals surface area contributed by atoms with Gasteiger partial charge in [-0.15, -0.1) is 0 Å². The van der Waals surface area contributed by atoms with Crippen molar-refractivity contribution in [3.05, 3.63) is 30.1 Å². The lowest BCUT2D eigenvalue weighted by atomic mass is 10.2. The number of fused-ring (bicyclic) bond motifs is 1. The maximum atomic E-state index is 4.28. The molecule has 78 valence electrons. The number of pyridine rings is 1. The van der Waals surface area contributed by atoms with Crippen molar-refractivity contribution in [3.8, 4) is 0 Å². The highest BCUT2D eigenvalue weighted by atomic mass is 15.2. The highest BCUT2D eigenvalue weighted by molar-refractivity contribution is 5.63. The average Bonchev–Trinajstić information content (AvgIpc) is 2.88. The molecule has 1 fully saturated rings. The van der Waals surface area contributed by atoms with Crippen LogP contribution in [0.4, 0.5) is 5.69 Å². The monoisotopic (exact) mass is 201 g/mol. The summed E-state index contributed by atoms with van der Waals surface area (Å²) in [5.74, 6) is 0. The van der Waals surface area contributed by atoms with Crippen LogP contribution in [0.5, 0.6) is 0 Å². The minimum Gasteiger partial charge on any atom is -0.371 e. The SMILES string of the molecule is Cc1cnn2ccc(N3CCCC3)cc12. The maximum Gasteiger partial charge on any atom is 0.0711 e. The Hall–Kier alpha value is -1.51. The van der Waals surface area contributed by atoms with Crippen molar-refractivity contribution in [1.82, 2.24) is 9.61 Å². The molecule has 1 saturated heterocycles. The maximum absolute atomic E-state index is 4.28. The Kier molecular flexibility index (Phi) is 1.91. The molecule has 0 saturated carbocycles. The Morgan fingerprint density at radius 3 is 2.87 bits per heavy atom. The summed E-state index contributed by atoms with van der Waals surface area (Å²) in [6.07, 6.45) is 6.62. The predicted molar refractivity (Wildman–Crippen MR) is 61.4 cm³/mol. The van der Waals surface area contributed by atoms with Crippen molar-refractivity contribution in [2.24, 2.45) is 0 Å². The highest BCUT2D eigenvalue weighted by Crippen LogP contribution is 2.22.